The van der Waals surface area contributed by atoms with E-state index >= 15 is 0 Å². The Morgan fingerprint density at radius 3 is 1.32 bits per heavy atom. The third-order valence-electron chi connectivity index (χ3n) is 5.01. The number of aryl methyl sites for hydroxylation is 2. The highest BCUT2D eigenvalue weighted by Crippen LogP contribution is 2.33. The van der Waals surface area contributed by atoms with Crippen LogP contribution in [0.4, 0.5) is 8.78 Å². The van der Waals surface area contributed by atoms with Gasteiger partial charge in [0.15, 0.2) is 0 Å². The number of hydrogen-bond acceptors (Lipinski definition) is 2. The van der Waals surface area contributed by atoms with Crippen LogP contribution in [0.15, 0.2) is 84.9 Å². The van der Waals surface area contributed by atoms with Gasteiger partial charge in [0.2, 0.25) is 6.79 Å². The molecule has 4 heteroatoms. The second-order valence-corrected chi connectivity index (χ2v) is 7.42. The second-order valence-electron chi connectivity index (χ2n) is 7.42. The van der Waals surface area contributed by atoms with Gasteiger partial charge in [-0.05, 0) is 72.5 Å². The summed E-state index contributed by atoms with van der Waals surface area (Å²) in [4.78, 5) is 0. The van der Waals surface area contributed by atoms with Crippen molar-refractivity contribution in [1.82, 2.24) is 0 Å². The topological polar surface area (TPSA) is 18.5 Å². The number of benzene rings is 4. The first-order valence-corrected chi connectivity index (χ1v) is 9.98. The van der Waals surface area contributed by atoms with Gasteiger partial charge in [-0.2, -0.15) is 0 Å². The summed E-state index contributed by atoms with van der Waals surface area (Å²) >= 11 is 0. The van der Waals surface area contributed by atoms with Crippen molar-refractivity contribution in [2.45, 2.75) is 13.8 Å². The van der Waals surface area contributed by atoms with Gasteiger partial charge in [0.25, 0.3) is 0 Å². The quantitative estimate of drug-likeness (QED) is 0.306. The Morgan fingerprint density at radius 2 is 0.935 bits per heavy atom. The Labute approximate surface area is 180 Å². The van der Waals surface area contributed by atoms with E-state index in [1.54, 1.807) is 24.3 Å². The van der Waals surface area contributed by atoms with Crippen molar-refractivity contribution in [3.63, 3.8) is 0 Å². The number of rotatable bonds is 6. The zero-order valence-corrected chi connectivity index (χ0v) is 17.4. The summed E-state index contributed by atoms with van der Waals surface area (Å²) in [6.07, 6.45) is 0. The number of ether oxygens (including phenoxy) is 2. The summed E-state index contributed by atoms with van der Waals surface area (Å²) in [5.41, 5.74) is 5.53. The van der Waals surface area contributed by atoms with Crippen molar-refractivity contribution in [1.29, 1.82) is 0 Å². The summed E-state index contributed by atoms with van der Waals surface area (Å²) in [6.45, 7) is 3.96. The largest absolute Gasteiger partial charge is 0.457 e. The first-order chi connectivity index (χ1) is 15.0. The van der Waals surface area contributed by atoms with Crippen molar-refractivity contribution in [3.05, 3.63) is 108 Å². The summed E-state index contributed by atoms with van der Waals surface area (Å²) in [7, 11) is 0. The molecule has 0 aliphatic heterocycles. The van der Waals surface area contributed by atoms with E-state index in [0.29, 0.717) is 11.5 Å². The molecule has 0 heterocycles. The average molecular weight is 416 g/mol. The minimum atomic E-state index is -0.283. The summed E-state index contributed by atoms with van der Waals surface area (Å²) in [6, 6.07) is 24.3. The smallest absolute Gasteiger partial charge is 0.230 e. The van der Waals surface area contributed by atoms with E-state index in [9.17, 15) is 8.78 Å². The second kappa shape index (κ2) is 9.00. The van der Waals surface area contributed by atoms with Crippen molar-refractivity contribution in [3.8, 4) is 33.8 Å². The van der Waals surface area contributed by atoms with Crippen LogP contribution >= 0.6 is 0 Å². The van der Waals surface area contributed by atoms with Crippen LogP contribution in [0, 0.1) is 25.5 Å². The molecular formula is C27H22F2O2. The molecule has 0 bridgehead atoms. The van der Waals surface area contributed by atoms with E-state index in [-0.39, 0.29) is 18.4 Å². The Balaban J connectivity index is 1.56. The lowest BCUT2D eigenvalue weighted by Gasteiger charge is -2.16. The zero-order valence-electron chi connectivity index (χ0n) is 17.4. The first kappa shape index (κ1) is 20.6. The monoisotopic (exact) mass is 416 g/mol. The molecule has 0 aliphatic carbocycles. The highest BCUT2D eigenvalue weighted by atomic mass is 19.1. The maximum Gasteiger partial charge on any atom is 0.230 e. The highest BCUT2D eigenvalue weighted by molar-refractivity contribution is 5.72. The van der Waals surface area contributed by atoms with Crippen molar-refractivity contribution in [2.24, 2.45) is 0 Å². The van der Waals surface area contributed by atoms with Crippen molar-refractivity contribution < 1.29 is 18.3 Å². The van der Waals surface area contributed by atoms with E-state index in [0.717, 1.165) is 33.4 Å². The fourth-order valence-corrected chi connectivity index (χ4v) is 3.39. The van der Waals surface area contributed by atoms with Gasteiger partial charge in [0.05, 0.1) is 0 Å². The Bertz CT molecular complexity index is 1090. The van der Waals surface area contributed by atoms with Crippen LogP contribution in [0.25, 0.3) is 22.3 Å². The van der Waals surface area contributed by atoms with E-state index < -0.39 is 0 Å². The van der Waals surface area contributed by atoms with Gasteiger partial charge in [-0.15, -0.1) is 0 Å². The van der Waals surface area contributed by atoms with E-state index in [4.69, 9.17) is 9.47 Å². The molecule has 4 rings (SSSR count). The Hall–Kier alpha value is -3.66. The SMILES string of the molecule is Cc1ccc(-c2ccc(F)cc2)c(OCOc2cc(C)ccc2-c2ccc(F)cc2)c1. The van der Waals surface area contributed by atoms with Gasteiger partial charge < -0.3 is 9.47 Å². The van der Waals surface area contributed by atoms with Crippen LogP contribution in [0.5, 0.6) is 11.5 Å². The molecule has 156 valence electrons. The van der Waals surface area contributed by atoms with Gasteiger partial charge in [-0.1, -0.05) is 48.5 Å². The molecule has 0 aromatic heterocycles. The third kappa shape index (κ3) is 4.92. The molecule has 2 nitrogen and oxygen atoms in total. The predicted octanol–water partition coefficient (Wildman–Crippen LogP) is 7.33. The summed E-state index contributed by atoms with van der Waals surface area (Å²) < 4.78 is 38.6. The maximum absolute atomic E-state index is 13.3. The average Bonchev–Trinajstić information content (AvgIpc) is 2.76. The number of hydrogen-bond donors (Lipinski definition) is 0. The molecule has 0 saturated carbocycles. The molecule has 31 heavy (non-hydrogen) atoms. The Morgan fingerprint density at radius 1 is 0.548 bits per heavy atom. The predicted molar refractivity (Wildman–Crippen MR) is 119 cm³/mol. The van der Waals surface area contributed by atoms with Crippen LogP contribution in [0.3, 0.4) is 0 Å². The van der Waals surface area contributed by atoms with Crippen LogP contribution in [-0.4, -0.2) is 6.79 Å². The minimum absolute atomic E-state index is 0.00467. The minimum Gasteiger partial charge on any atom is -0.457 e. The molecule has 0 aliphatic rings. The fraction of sp³-hybridized carbons (Fsp3) is 0.111. The van der Waals surface area contributed by atoms with Gasteiger partial charge >= 0.3 is 0 Å². The van der Waals surface area contributed by atoms with Crippen molar-refractivity contribution in [2.75, 3.05) is 6.79 Å². The molecule has 0 fully saturated rings. The molecule has 4 aromatic carbocycles. The first-order valence-electron chi connectivity index (χ1n) is 9.98. The molecule has 0 atom stereocenters. The lowest BCUT2D eigenvalue weighted by atomic mass is 10.0. The molecule has 4 aromatic rings. The fourth-order valence-electron chi connectivity index (χ4n) is 3.39. The van der Waals surface area contributed by atoms with E-state index in [1.165, 1.54) is 24.3 Å². The van der Waals surface area contributed by atoms with Gasteiger partial charge in [-0.3, -0.25) is 0 Å². The molecule has 0 unspecified atom stereocenters. The lowest BCUT2D eigenvalue weighted by molar-refractivity contribution is 0.121. The summed E-state index contributed by atoms with van der Waals surface area (Å²) in [5.74, 6) is 0.744. The lowest BCUT2D eigenvalue weighted by Crippen LogP contribution is -2.07. The van der Waals surface area contributed by atoms with Gasteiger partial charge in [0, 0.05) is 11.1 Å². The molecular weight excluding hydrogens is 394 g/mol. The highest BCUT2D eigenvalue weighted by Gasteiger charge is 2.10. The normalized spacial score (nSPS) is 10.7. The molecule has 0 N–H and O–H groups in total. The summed E-state index contributed by atoms with van der Waals surface area (Å²) in [5, 5.41) is 0. The molecule has 0 saturated heterocycles. The van der Waals surface area contributed by atoms with E-state index in [1.807, 2.05) is 50.2 Å². The van der Waals surface area contributed by atoms with Crippen molar-refractivity contribution >= 4 is 0 Å². The molecule has 0 radical (unpaired) electrons. The Kier molecular flexibility index (Phi) is 5.99. The van der Waals surface area contributed by atoms with Crippen LogP contribution in [0.2, 0.25) is 0 Å². The zero-order chi connectivity index (χ0) is 21.8. The number of halogens is 2. The molecule has 0 amide bonds. The van der Waals surface area contributed by atoms with E-state index in [2.05, 4.69) is 0 Å². The maximum atomic E-state index is 13.3. The standard InChI is InChI=1S/C27H22F2O2/c1-18-3-13-24(20-5-9-22(28)10-6-20)26(15-18)30-17-31-27-16-19(2)4-14-25(27)21-7-11-23(29)12-8-21/h3-16H,17H2,1-2H3. The van der Waals surface area contributed by atoms with Crippen LogP contribution in [-0.2, 0) is 0 Å². The van der Waals surface area contributed by atoms with Crippen LogP contribution in [0.1, 0.15) is 11.1 Å². The van der Waals surface area contributed by atoms with Gasteiger partial charge in [-0.25, -0.2) is 8.78 Å². The molecule has 0 spiro atoms. The third-order valence-corrected chi connectivity index (χ3v) is 5.01. The van der Waals surface area contributed by atoms with Gasteiger partial charge in [0.1, 0.15) is 23.1 Å². The van der Waals surface area contributed by atoms with Crippen LogP contribution < -0.4 is 9.47 Å².